The molecule has 2 heterocycles. The Balaban J connectivity index is 2.09. The van der Waals surface area contributed by atoms with Gasteiger partial charge in [-0.25, -0.2) is 9.97 Å². The van der Waals surface area contributed by atoms with Crippen LogP contribution in [0.5, 0.6) is 0 Å². The Morgan fingerprint density at radius 3 is 2.79 bits per heavy atom. The molecule has 2 N–H and O–H groups in total. The molecule has 1 atom stereocenters. The molecule has 19 heavy (non-hydrogen) atoms. The highest BCUT2D eigenvalue weighted by Gasteiger charge is 2.20. The van der Waals surface area contributed by atoms with Gasteiger partial charge in [0, 0.05) is 30.7 Å². The number of nitrogens with one attached hydrogen (secondary N) is 2. The Morgan fingerprint density at radius 1 is 1.32 bits per heavy atom. The molecule has 106 valence electrons. The van der Waals surface area contributed by atoms with Crippen molar-refractivity contribution in [2.45, 2.75) is 45.2 Å². The summed E-state index contributed by atoms with van der Waals surface area (Å²) in [5, 5.41) is 6.75. The lowest BCUT2D eigenvalue weighted by atomic mass is 10.1. The van der Waals surface area contributed by atoms with Crippen LogP contribution in [0.15, 0.2) is 12.4 Å². The highest BCUT2D eigenvalue weighted by atomic mass is 15.2. The summed E-state index contributed by atoms with van der Waals surface area (Å²) >= 11 is 0. The Hall–Kier alpha value is -1.36. The average molecular weight is 263 g/mol. The van der Waals surface area contributed by atoms with E-state index in [4.69, 9.17) is 0 Å². The number of rotatable bonds is 3. The molecule has 1 aliphatic rings. The highest BCUT2D eigenvalue weighted by molar-refractivity contribution is 5.49. The third-order valence-electron chi connectivity index (χ3n) is 3.31. The molecule has 1 unspecified atom stereocenters. The van der Waals surface area contributed by atoms with Crippen LogP contribution in [0.2, 0.25) is 0 Å². The van der Waals surface area contributed by atoms with Gasteiger partial charge < -0.3 is 15.5 Å². The molecule has 0 saturated carbocycles. The van der Waals surface area contributed by atoms with Gasteiger partial charge in [0.15, 0.2) is 0 Å². The summed E-state index contributed by atoms with van der Waals surface area (Å²) in [5.74, 6) is 1.91. The van der Waals surface area contributed by atoms with Crippen LogP contribution in [0.25, 0.3) is 0 Å². The van der Waals surface area contributed by atoms with Gasteiger partial charge in [0.25, 0.3) is 0 Å². The monoisotopic (exact) mass is 263 g/mol. The van der Waals surface area contributed by atoms with Crippen molar-refractivity contribution in [3.05, 3.63) is 12.4 Å². The fraction of sp³-hybridized carbons (Fsp3) is 0.714. The molecule has 2 rings (SSSR count). The van der Waals surface area contributed by atoms with Gasteiger partial charge in [-0.2, -0.15) is 0 Å². The molecule has 1 aromatic rings. The highest BCUT2D eigenvalue weighted by Crippen LogP contribution is 2.20. The van der Waals surface area contributed by atoms with Crippen molar-refractivity contribution in [3.63, 3.8) is 0 Å². The van der Waals surface area contributed by atoms with Crippen LogP contribution in [0.3, 0.4) is 0 Å². The van der Waals surface area contributed by atoms with Crippen molar-refractivity contribution >= 4 is 11.6 Å². The normalized spacial score (nSPS) is 20.4. The van der Waals surface area contributed by atoms with Crippen LogP contribution in [0.4, 0.5) is 11.6 Å². The van der Waals surface area contributed by atoms with E-state index in [0.29, 0.717) is 6.04 Å². The predicted molar refractivity (Wildman–Crippen MR) is 79.7 cm³/mol. The lowest BCUT2D eigenvalue weighted by molar-refractivity contribution is 0.447. The molecular formula is C14H25N5. The van der Waals surface area contributed by atoms with E-state index in [1.165, 1.54) is 12.8 Å². The van der Waals surface area contributed by atoms with E-state index in [-0.39, 0.29) is 5.54 Å². The number of aromatic nitrogens is 2. The van der Waals surface area contributed by atoms with Crippen molar-refractivity contribution in [2.24, 2.45) is 0 Å². The number of anilines is 2. The zero-order chi connectivity index (χ0) is 13.9. The van der Waals surface area contributed by atoms with Gasteiger partial charge in [0.05, 0.1) is 0 Å². The third kappa shape index (κ3) is 4.06. The molecule has 1 fully saturated rings. The molecule has 0 amide bonds. The topological polar surface area (TPSA) is 53.1 Å². The van der Waals surface area contributed by atoms with E-state index >= 15 is 0 Å². The van der Waals surface area contributed by atoms with Crippen LogP contribution in [0.1, 0.15) is 33.6 Å². The summed E-state index contributed by atoms with van der Waals surface area (Å²) in [6, 6.07) is 2.60. The second-order valence-electron chi connectivity index (χ2n) is 6.21. The van der Waals surface area contributed by atoms with Crippen molar-refractivity contribution < 1.29 is 0 Å². The second-order valence-corrected chi connectivity index (χ2v) is 6.21. The van der Waals surface area contributed by atoms with Crippen molar-refractivity contribution in [2.75, 3.05) is 30.4 Å². The Labute approximate surface area is 115 Å². The quantitative estimate of drug-likeness (QED) is 0.872. The van der Waals surface area contributed by atoms with Crippen LogP contribution in [-0.4, -0.2) is 41.7 Å². The van der Waals surface area contributed by atoms with E-state index in [2.05, 4.69) is 46.3 Å². The summed E-state index contributed by atoms with van der Waals surface area (Å²) in [6.07, 6.45) is 4.09. The summed E-state index contributed by atoms with van der Waals surface area (Å²) in [5.41, 5.74) is 0.0149. The van der Waals surface area contributed by atoms with Gasteiger partial charge >= 0.3 is 0 Å². The molecule has 1 saturated heterocycles. The lowest BCUT2D eigenvalue weighted by Crippen LogP contribution is -2.44. The van der Waals surface area contributed by atoms with E-state index in [1.807, 2.05) is 13.1 Å². The Morgan fingerprint density at radius 2 is 2.11 bits per heavy atom. The largest absolute Gasteiger partial charge is 0.365 e. The lowest BCUT2D eigenvalue weighted by Gasteiger charge is -2.33. The summed E-state index contributed by atoms with van der Waals surface area (Å²) in [6.45, 7) is 8.48. The van der Waals surface area contributed by atoms with Gasteiger partial charge in [0.1, 0.15) is 18.0 Å². The van der Waals surface area contributed by atoms with E-state index in [0.717, 1.165) is 24.7 Å². The van der Waals surface area contributed by atoms with Crippen LogP contribution < -0.4 is 15.5 Å². The maximum Gasteiger partial charge on any atom is 0.134 e. The fourth-order valence-electron chi connectivity index (χ4n) is 2.39. The molecule has 1 aromatic heterocycles. The van der Waals surface area contributed by atoms with Crippen LogP contribution in [-0.2, 0) is 0 Å². The number of likely N-dealkylation sites (N-methyl/N-ethyl adjacent to an activating group) is 1. The third-order valence-corrected chi connectivity index (χ3v) is 3.31. The maximum atomic E-state index is 4.41. The number of hydrogen-bond donors (Lipinski definition) is 2. The second kappa shape index (κ2) is 5.74. The van der Waals surface area contributed by atoms with Gasteiger partial charge in [0.2, 0.25) is 0 Å². The smallest absolute Gasteiger partial charge is 0.134 e. The molecule has 0 spiro atoms. The number of piperidine rings is 1. The summed E-state index contributed by atoms with van der Waals surface area (Å²) in [4.78, 5) is 11.0. The van der Waals surface area contributed by atoms with Crippen molar-refractivity contribution in [3.8, 4) is 0 Å². The van der Waals surface area contributed by atoms with Crippen LogP contribution >= 0.6 is 0 Å². The van der Waals surface area contributed by atoms with E-state index < -0.39 is 0 Å². The molecule has 0 aliphatic carbocycles. The maximum absolute atomic E-state index is 4.41. The van der Waals surface area contributed by atoms with Gasteiger partial charge in [-0.1, -0.05) is 0 Å². The first-order chi connectivity index (χ1) is 8.98. The van der Waals surface area contributed by atoms with Crippen molar-refractivity contribution in [1.29, 1.82) is 0 Å². The minimum absolute atomic E-state index is 0.0149. The molecule has 1 aliphatic heterocycles. The van der Waals surface area contributed by atoms with Crippen LogP contribution in [0, 0.1) is 0 Å². The van der Waals surface area contributed by atoms with Crippen molar-refractivity contribution in [1.82, 2.24) is 15.3 Å². The zero-order valence-electron chi connectivity index (χ0n) is 12.4. The Bertz CT molecular complexity index is 413. The van der Waals surface area contributed by atoms with E-state index in [9.17, 15) is 0 Å². The molecular weight excluding hydrogens is 238 g/mol. The van der Waals surface area contributed by atoms with Gasteiger partial charge in [-0.05, 0) is 40.7 Å². The molecule has 5 heteroatoms. The summed E-state index contributed by atoms with van der Waals surface area (Å²) in [7, 11) is 2.03. The minimum Gasteiger partial charge on any atom is -0.365 e. The standard InChI is InChI=1S/C14H25N5/c1-14(2,3)18-12-8-13(17-10-16-12)19-7-5-6-11(9-19)15-4/h8,10-11,15H,5-7,9H2,1-4H3,(H,16,17,18). The van der Waals surface area contributed by atoms with E-state index in [1.54, 1.807) is 6.33 Å². The minimum atomic E-state index is 0.0149. The summed E-state index contributed by atoms with van der Waals surface area (Å²) < 4.78 is 0. The number of nitrogens with zero attached hydrogens (tertiary/aromatic N) is 3. The molecule has 0 radical (unpaired) electrons. The number of hydrogen-bond acceptors (Lipinski definition) is 5. The first-order valence-electron chi connectivity index (χ1n) is 7.00. The average Bonchev–Trinajstić information content (AvgIpc) is 2.37. The molecule has 5 nitrogen and oxygen atoms in total. The SMILES string of the molecule is CNC1CCCN(c2cc(NC(C)(C)C)ncn2)C1. The van der Waals surface area contributed by atoms with Gasteiger partial charge in [-0.3, -0.25) is 0 Å². The molecule has 0 aromatic carbocycles. The molecule has 0 bridgehead atoms. The first-order valence-corrected chi connectivity index (χ1v) is 7.00. The fourth-order valence-corrected chi connectivity index (χ4v) is 2.39. The predicted octanol–water partition coefficient (Wildman–Crippen LogP) is 1.88. The first kappa shape index (κ1) is 14.1. The Kier molecular flexibility index (Phi) is 4.24. The van der Waals surface area contributed by atoms with Gasteiger partial charge in [-0.15, -0.1) is 0 Å². The zero-order valence-corrected chi connectivity index (χ0v) is 12.4.